The van der Waals surface area contributed by atoms with Crippen molar-refractivity contribution in [2.75, 3.05) is 41.3 Å². The van der Waals surface area contributed by atoms with E-state index in [9.17, 15) is 4.79 Å². The van der Waals surface area contributed by atoms with Crippen molar-refractivity contribution in [1.29, 1.82) is 0 Å². The molecule has 1 saturated heterocycles. The lowest BCUT2D eigenvalue weighted by molar-refractivity contribution is 0.0911. The number of ketones is 1. The van der Waals surface area contributed by atoms with Crippen LogP contribution in [0.2, 0.25) is 5.02 Å². The van der Waals surface area contributed by atoms with E-state index in [1.165, 1.54) is 0 Å². The molecule has 0 radical (unpaired) electrons. The molecule has 3 aromatic rings. The molecule has 3 heterocycles. The van der Waals surface area contributed by atoms with Crippen LogP contribution in [0.15, 0.2) is 48.7 Å². The molecule has 1 aliphatic carbocycles. The lowest BCUT2D eigenvalue weighted by Crippen LogP contribution is -2.47. The van der Waals surface area contributed by atoms with Gasteiger partial charge in [-0.15, -0.1) is 0 Å². The molecule has 33 heavy (non-hydrogen) atoms. The number of aromatic nitrogens is 3. The SMILES string of the molecule is CC1(C)CC(=O)c2c(nc(N3CCN(c4ccccn4)CC3)nc2Nc2ccc(Cl)cc2)C1. The second kappa shape index (κ2) is 8.63. The highest BCUT2D eigenvalue weighted by Gasteiger charge is 2.35. The third-order valence-corrected chi connectivity index (χ3v) is 6.43. The monoisotopic (exact) mass is 462 g/mol. The zero-order valence-electron chi connectivity index (χ0n) is 18.9. The Kier molecular flexibility index (Phi) is 5.66. The second-order valence-electron chi connectivity index (χ2n) is 9.43. The maximum atomic E-state index is 13.1. The molecule has 0 amide bonds. The van der Waals surface area contributed by atoms with E-state index in [4.69, 9.17) is 21.6 Å². The summed E-state index contributed by atoms with van der Waals surface area (Å²) in [5, 5.41) is 4.02. The van der Waals surface area contributed by atoms with Crippen LogP contribution in [-0.2, 0) is 6.42 Å². The Labute approximate surface area is 198 Å². The number of carbonyl (C=O) groups is 1. The molecule has 2 aliphatic rings. The number of benzene rings is 1. The molecule has 2 aromatic heterocycles. The van der Waals surface area contributed by atoms with Crippen molar-refractivity contribution in [2.45, 2.75) is 26.7 Å². The summed E-state index contributed by atoms with van der Waals surface area (Å²) in [6.45, 7) is 7.48. The maximum absolute atomic E-state index is 13.1. The minimum absolute atomic E-state index is 0.0873. The van der Waals surface area contributed by atoms with Crippen LogP contribution < -0.4 is 15.1 Å². The van der Waals surface area contributed by atoms with Crippen molar-refractivity contribution in [1.82, 2.24) is 15.0 Å². The van der Waals surface area contributed by atoms with Crippen LogP contribution in [-0.4, -0.2) is 46.9 Å². The number of halogens is 1. The van der Waals surface area contributed by atoms with Gasteiger partial charge in [-0.1, -0.05) is 31.5 Å². The van der Waals surface area contributed by atoms with Crippen LogP contribution in [0.5, 0.6) is 0 Å². The molecule has 7 nitrogen and oxygen atoms in total. The van der Waals surface area contributed by atoms with E-state index in [1.807, 2.05) is 48.7 Å². The molecule has 0 spiro atoms. The lowest BCUT2D eigenvalue weighted by atomic mass is 9.75. The summed E-state index contributed by atoms with van der Waals surface area (Å²) in [5.74, 6) is 2.31. The highest BCUT2D eigenvalue weighted by Crippen LogP contribution is 2.38. The Balaban J connectivity index is 1.45. The number of carbonyl (C=O) groups excluding carboxylic acids is 1. The summed E-state index contributed by atoms with van der Waals surface area (Å²) in [7, 11) is 0. The topological polar surface area (TPSA) is 74.2 Å². The number of piperazine rings is 1. The Morgan fingerprint density at radius 3 is 2.36 bits per heavy atom. The van der Waals surface area contributed by atoms with Crippen LogP contribution in [0, 0.1) is 5.41 Å². The van der Waals surface area contributed by atoms with Crippen LogP contribution in [0.4, 0.5) is 23.3 Å². The molecule has 170 valence electrons. The average molecular weight is 463 g/mol. The van der Waals surface area contributed by atoms with Crippen LogP contribution in [0.3, 0.4) is 0 Å². The summed E-state index contributed by atoms with van der Waals surface area (Å²) in [4.78, 5) is 31.8. The van der Waals surface area contributed by atoms with Gasteiger partial charge in [-0.2, -0.15) is 4.98 Å². The van der Waals surface area contributed by atoms with E-state index < -0.39 is 0 Å². The standard InChI is InChI=1S/C25H27ClN6O/c1-25(2)15-19-22(20(33)16-25)23(28-18-8-6-17(26)7-9-18)30-24(29-19)32-13-11-31(12-14-32)21-5-3-4-10-27-21/h3-10H,11-16H2,1-2H3,(H,28,29,30). The van der Waals surface area contributed by atoms with Crippen molar-refractivity contribution in [3.05, 3.63) is 64.9 Å². The fourth-order valence-corrected chi connectivity index (χ4v) is 4.66. The quantitative estimate of drug-likeness (QED) is 0.599. The van der Waals surface area contributed by atoms with Crippen LogP contribution in [0.25, 0.3) is 0 Å². The van der Waals surface area contributed by atoms with Gasteiger partial charge < -0.3 is 15.1 Å². The van der Waals surface area contributed by atoms with Crippen molar-refractivity contribution in [3.63, 3.8) is 0 Å². The molecule has 5 rings (SSSR count). The molecule has 1 aromatic carbocycles. The first-order valence-electron chi connectivity index (χ1n) is 11.3. The van der Waals surface area contributed by atoms with E-state index in [2.05, 4.69) is 33.9 Å². The minimum atomic E-state index is -0.120. The number of hydrogen-bond donors (Lipinski definition) is 1. The van der Waals surface area contributed by atoms with Gasteiger partial charge in [-0.3, -0.25) is 4.79 Å². The van der Waals surface area contributed by atoms with E-state index in [-0.39, 0.29) is 11.2 Å². The lowest BCUT2D eigenvalue weighted by Gasteiger charge is -2.36. The average Bonchev–Trinajstić information content (AvgIpc) is 2.80. The predicted octanol–water partition coefficient (Wildman–Crippen LogP) is 4.75. The van der Waals surface area contributed by atoms with Crippen molar-refractivity contribution in [3.8, 4) is 0 Å². The fraction of sp³-hybridized carbons (Fsp3) is 0.360. The van der Waals surface area contributed by atoms with E-state index >= 15 is 0 Å². The summed E-state index contributed by atoms with van der Waals surface area (Å²) in [6.07, 6.45) is 3.05. The molecule has 8 heteroatoms. The summed E-state index contributed by atoms with van der Waals surface area (Å²) in [6, 6.07) is 13.4. The highest BCUT2D eigenvalue weighted by atomic mass is 35.5. The van der Waals surface area contributed by atoms with Gasteiger partial charge in [0.25, 0.3) is 0 Å². The van der Waals surface area contributed by atoms with Crippen molar-refractivity contribution < 1.29 is 4.79 Å². The number of nitrogens with zero attached hydrogens (tertiary/aromatic N) is 5. The number of anilines is 4. The number of hydrogen-bond acceptors (Lipinski definition) is 7. The van der Waals surface area contributed by atoms with Gasteiger partial charge in [0.1, 0.15) is 11.6 Å². The van der Waals surface area contributed by atoms with Gasteiger partial charge in [0.05, 0.1) is 11.3 Å². The molecule has 1 N–H and O–H groups in total. The Hall–Kier alpha value is -3.19. The zero-order chi connectivity index (χ0) is 23.0. The molecule has 0 saturated carbocycles. The summed E-state index contributed by atoms with van der Waals surface area (Å²) < 4.78 is 0. The van der Waals surface area contributed by atoms with E-state index in [1.54, 1.807) is 0 Å². The summed E-state index contributed by atoms with van der Waals surface area (Å²) >= 11 is 6.04. The van der Waals surface area contributed by atoms with Gasteiger partial charge in [-0.05, 0) is 48.2 Å². The number of pyridine rings is 1. The molecular formula is C25H27ClN6O. The van der Waals surface area contributed by atoms with Crippen molar-refractivity contribution in [2.24, 2.45) is 5.41 Å². The first-order valence-corrected chi connectivity index (χ1v) is 11.6. The molecule has 0 bridgehead atoms. The maximum Gasteiger partial charge on any atom is 0.227 e. The first-order chi connectivity index (χ1) is 15.9. The second-order valence-corrected chi connectivity index (χ2v) is 9.87. The number of nitrogens with one attached hydrogen (secondary N) is 1. The Bertz CT molecular complexity index is 1160. The minimum Gasteiger partial charge on any atom is -0.353 e. The Morgan fingerprint density at radius 2 is 1.67 bits per heavy atom. The van der Waals surface area contributed by atoms with Crippen LogP contribution >= 0.6 is 11.6 Å². The van der Waals surface area contributed by atoms with Gasteiger partial charge in [0.15, 0.2) is 5.78 Å². The molecule has 0 unspecified atom stereocenters. The first kappa shape index (κ1) is 21.6. The molecule has 1 fully saturated rings. The number of Topliss-reactive ketones (excluding diaryl/α,β-unsaturated/α-hetero) is 1. The highest BCUT2D eigenvalue weighted by molar-refractivity contribution is 6.30. The number of rotatable bonds is 4. The smallest absolute Gasteiger partial charge is 0.227 e. The number of fused-ring (bicyclic) bond motifs is 1. The van der Waals surface area contributed by atoms with Gasteiger partial charge in [-0.25, -0.2) is 9.97 Å². The summed E-state index contributed by atoms with van der Waals surface area (Å²) in [5.41, 5.74) is 2.15. The normalized spacial score (nSPS) is 17.6. The molecule has 1 aliphatic heterocycles. The van der Waals surface area contributed by atoms with Crippen molar-refractivity contribution >= 4 is 40.7 Å². The predicted molar refractivity (Wildman–Crippen MR) is 132 cm³/mol. The van der Waals surface area contributed by atoms with Gasteiger partial charge in [0.2, 0.25) is 5.95 Å². The van der Waals surface area contributed by atoms with E-state index in [0.717, 1.165) is 49.8 Å². The molecule has 0 atom stereocenters. The zero-order valence-corrected chi connectivity index (χ0v) is 19.6. The van der Waals surface area contributed by atoms with Gasteiger partial charge >= 0.3 is 0 Å². The molecular weight excluding hydrogens is 436 g/mol. The largest absolute Gasteiger partial charge is 0.353 e. The van der Waals surface area contributed by atoms with E-state index in [0.29, 0.717) is 28.8 Å². The Morgan fingerprint density at radius 1 is 0.939 bits per heavy atom. The fourth-order valence-electron chi connectivity index (χ4n) is 4.53. The van der Waals surface area contributed by atoms with Crippen LogP contribution in [0.1, 0.15) is 36.3 Å². The van der Waals surface area contributed by atoms with Gasteiger partial charge in [0, 0.05) is 49.5 Å². The third-order valence-electron chi connectivity index (χ3n) is 6.18. The third kappa shape index (κ3) is 4.64.